The highest BCUT2D eigenvalue weighted by molar-refractivity contribution is 5.77. The minimum absolute atomic E-state index is 0.0137. The predicted octanol–water partition coefficient (Wildman–Crippen LogP) is 4.46. The quantitative estimate of drug-likeness (QED) is 0.127. The summed E-state index contributed by atoms with van der Waals surface area (Å²) in [5.74, 6) is 1.94. The van der Waals surface area contributed by atoms with Crippen LogP contribution < -0.4 is 29.0 Å². The van der Waals surface area contributed by atoms with Gasteiger partial charge >= 0.3 is 0 Å². The zero-order chi connectivity index (χ0) is 32.7. The Morgan fingerprint density at radius 1 is 1.05 bits per heavy atom. The summed E-state index contributed by atoms with van der Waals surface area (Å²) in [4.78, 5) is 28.7. The summed E-state index contributed by atoms with van der Waals surface area (Å²) in [6.07, 6.45) is 2.89. The molecule has 0 heterocycles. The molecule has 0 radical (unpaired) electrons. The lowest BCUT2D eigenvalue weighted by Crippen LogP contribution is -2.32. The molecule has 0 bridgehead atoms. The monoisotopic (exact) mass is 616 g/mol. The maximum Gasteiger partial charge on any atom is 0.294 e. The molecule has 2 aromatic carbocycles. The van der Waals surface area contributed by atoms with Crippen LogP contribution in [0.15, 0.2) is 30.3 Å². The van der Waals surface area contributed by atoms with Crippen LogP contribution in [0, 0.1) is 21.4 Å². The van der Waals surface area contributed by atoms with Crippen molar-refractivity contribution >= 4 is 5.91 Å². The van der Waals surface area contributed by atoms with Gasteiger partial charge in [0.25, 0.3) is 11.0 Å². The minimum atomic E-state index is -0.919. The molecule has 242 valence electrons. The molecule has 2 atom stereocenters. The Kier molecular flexibility index (Phi) is 14.3. The van der Waals surface area contributed by atoms with Crippen molar-refractivity contribution in [3.8, 4) is 34.8 Å². The van der Waals surface area contributed by atoms with Crippen LogP contribution in [0.4, 0.5) is 0 Å². The third-order valence-corrected chi connectivity index (χ3v) is 7.53. The second-order valence-corrected chi connectivity index (χ2v) is 10.2. The molecule has 13 heteroatoms. The van der Waals surface area contributed by atoms with Crippen LogP contribution in [0.25, 0.3) is 0 Å². The highest BCUT2D eigenvalue weighted by Crippen LogP contribution is 2.44. The number of hydrogen-bond acceptors (Lipinski definition) is 11. The molecule has 0 saturated carbocycles. The molecular weight excluding hydrogens is 572 g/mol. The molecule has 2 unspecified atom stereocenters. The van der Waals surface area contributed by atoms with Gasteiger partial charge < -0.3 is 33.8 Å². The Labute approximate surface area is 259 Å². The van der Waals surface area contributed by atoms with E-state index in [2.05, 4.69) is 35.0 Å². The molecule has 1 amide bonds. The largest absolute Gasteiger partial charge is 0.493 e. The average Bonchev–Trinajstić information content (AvgIpc) is 3.03. The van der Waals surface area contributed by atoms with Crippen molar-refractivity contribution in [2.45, 2.75) is 51.0 Å². The number of carbonyl (C=O) groups excluding carboxylic acids is 1. The first-order chi connectivity index (χ1) is 21.1. The van der Waals surface area contributed by atoms with Gasteiger partial charge in [0.1, 0.15) is 6.61 Å². The average molecular weight is 617 g/mol. The molecule has 0 spiro atoms. The van der Waals surface area contributed by atoms with E-state index in [1.807, 2.05) is 31.3 Å². The first-order valence-electron chi connectivity index (χ1n) is 14.4. The summed E-state index contributed by atoms with van der Waals surface area (Å²) in [7, 11) is 8.21. The van der Waals surface area contributed by atoms with Gasteiger partial charge in [-0.15, -0.1) is 10.1 Å². The summed E-state index contributed by atoms with van der Waals surface area (Å²) in [6.45, 7) is 4.28. The van der Waals surface area contributed by atoms with E-state index in [9.17, 15) is 20.2 Å². The van der Waals surface area contributed by atoms with Crippen molar-refractivity contribution < 1.29 is 38.4 Å². The van der Waals surface area contributed by atoms with Gasteiger partial charge in [-0.2, -0.15) is 5.26 Å². The third kappa shape index (κ3) is 9.54. The van der Waals surface area contributed by atoms with Crippen molar-refractivity contribution in [3.63, 3.8) is 0 Å². The van der Waals surface area contributed by atoms with E-state index >= 15 is 0 Å². The Bertz CT molecular complexity index is 1260. The number of nitrogens with one attached hydrogen (secondary N) is 1. The number of amides is 1. The van der Waals surface area contributed by atoms with Crippen molar-refractivity contribution in [1.82, 2.24) is 10.2 Å². The maximum atomic E-state index is 12.1. The Hall–Kier alpha value is -4.44. The van der Waals surface area contributed by atoms with Gasteiger partial charge in [-0.25, -0.2) is 0 Å². The highest BCUT2D eigenvalue weighted by Gasteiger charge is 2.33. The Morgan fingerprint density at radius 2 is 1.70 bits per heavy atom. The summed E-state index contributed by atoms with van der Waals surface area (Å²) < 4.78 is 27.7. The first kappa shape index (κ1) is 35.8. The number of rotatable bonds is 20. The van der Waals surface area contributed by atoms with E-state index < -0.39 is 16.4 Å². The standard InChI is InChI=1S/C31H44N4O9/c1-8-12-31(21-32,24-18-27(40-5)30(42-7)28(19-24)41-6)13-9-15-34(3)22(2)23-10-11-25(39-4)26(17-23)43-20-29(36)33-14-16-44-35(37)38/h10-11,17-19,22H,8-9,12-16,20H2,1-7H3,(H,33,36). The second-order valence-electron chi connectivity index (χ2n) is 10.2. The topological polar surface area (TPSA) is 155 Å². The van der Waals surface area contributed by atoms with Crippen LogP contribution in [0.3, 0.4) is 0 Å². The van der Waals surface area contributed by atoms with Crippen LogP contribution in [0.1, 0.15) is 56.7 Å². The number of carbonyl (C=O) groups is 1. The van der Waals surface area contributed by atoms with Crippen molar-refractivity contribution in [3.05, 3.63) is 51.6 Å². The lowest BCUT2D eigenvalue weighted by Gasteiger charge is -2.30. The van der Waals surface area contributed by atoms with E-state index in [4.69, 9.17) is 23.7 Å². The fraction of sp³-hybridized carbons (Fsp3) is 0.548. The number of ether oxygens (including phenoxy) is 5. The van der Waals surface area contributed by atoms with E-state index in [1.54, 1.807) is 27.4 Å². The zero-order valence-corrected chi connectivity index (χ0v) is 26.6. The summed E-state index contributed by atoms with van der Waals surface area (Å²) in [5, 5.41) is 22.3. The Balaban J connectivity index is 2.12. The highest BCUT2D eigenvalue weighted by atomic mass is 16.9. The second kappa shape index (κ2) is 17.6. The summed E-state index contributed by atoms with van der Waals surface area (Å²) in [5.41, 5.74) is 1.05. The number of benzene rings is 2. The van der Waals surface area contributed by atoms with E-state index in [0.29, 0.717) is 41.6 Å². The third-order valence-electron chi connectivity index (χ3n) is 7.53. The summed E-state index contributed by atoms with van der Waals surface area (Å²) >= 11 is 0. The van der Waals surface area contributed by atoms with Gasteiger partial charge in [-0.1, -0.05) is 19.4 Å². The van der Waals surface area contributed by atoms with Gasteiger partial charge in [0, 0.05) is 12.6 Å². The number of methoxy groups -OCH3 is 4. The molecule has 0 aliphatic rings. The smallest absolute Gasteiger partial charge is 0.294 e. The molecular formula is C31H44N4O9. The van der Waals surface area contributed by atoms with Crippen molar-refractivity contribution in [1.29, 1.82) is 5.26 Å². The SMILES string of the molecule is CCCC(C#N)(CCCN(C)C(C)c1ccc(OC)c(OCC(=O)NCCO[N+](=O)[O-])c1)c1cc(OC)c(OC)c(OC)c1. The first-order valence-corrected chi connectivity index (χ1v) is 14.4. The Morgan fingerprint density at radius 3 is 2.25 bits per heavy atom. The number of nitriles is 1. The molecule has 44 heavy (non-hydrogen) atoms. The molecule has 0 saturated heterocycles. The fourth-order valence-corrected chi connectivity index (χ4v) is 5.02. The van der Waals surface area contributed by atoms with Crippen LogP contribution in [0.2, 0.25) is 0 Å². The molecule has 0 aliphatic carbocycles. The maximum absolute atomic E-state index is 12.1. The number of hydrogen-bond donors (Lipinski definition) is 1. The van der Waals surface area contributed by atoms with Gasteiger partial charge in [-0.05, 0) is 75.2 Å². The van der Waals surface area contributed by atoms with Gasteiger partial charge in [0.15, 0.2) is 29.6 Å². The zero-order valence-electron chi connectivity index (χ0n) is 26.6. The van der Waals surface area contributed by atoms with Crippen LogP contribution in [0.5, 0.6) is 28.7 Å². The predicted molar refractivity (Wildman–Crippen MR) is 163 cm³/mol. The van der Waals surface area contributed by atoms with E-state index in [-0.39, 0.29) is 25.8 Å². The fourth-order valence-electron chi connectivity index (χ4n) is 5.02. The van der Waals surface area contributed by atoms with Crippen LogP contribution >= 0.6 is 0 Å². The lowest BCUT2D eigenvalue weighted by molar-refractivity contribution is -0.757. The van der Waals surface area contributed by atoms with Gasteiger partial charge in [0.2, 0.25) is 5.75 Å². The van der Waals surface area contributed by atoms with E-state index in [0.717, 1.165) is 30.5 Å². The summed E-state index contributed by atoms with van der Waals surface area (Å²) in [6, 6.07) is 11.9. The molecule has 0 aromatic heterocycles. The molecule has 0 fully saturated rings. The lowest BCUT2D eigenvalue weighted by atomic mass is 9.74. The molecule has 0 aliphatic heterocycles. The van der Waals surface area contributed by atoms with Gasteiger partial charge in [-0.3, -0.25) is 9.69 Å². The molecule has 2 rings (SSSR count). The van der Waals surface area contributed by atoms with Crippen LogP contribution in [-0.2, 0) is 15.0 Å². The molecule has 1 N–H and O–H groups in total. The molecule has 13 nitrogen and oxygen atoms in total. The minimum Gasteiger partial charge on any atom is -0.493 e. The van der Waals surface area contributed by atoms with Gasteiger partial charge in [0.05, 0.1) is 39.9 Å². The van der Waals surface area contributed by atoms with Crippen LogP contribution in [-0.4, -0.2) is 77.7 Å². The van der Waals surface area contributed by atoms with E-state index in [1.165, 1.54) is 7.11 Å². The van der Waals surface area contributed by atoms with Crippen molar-refractivity contribution in [2.75, 3.05) is 61.8 Å². The number of nitrogens with zero attached hydrogens (tertiary/aromatic N) is 3. The normalized spacial score (nSPS) is 12.8. The van der Waals surface area contributed by atoms with Crippen molar-refractivity contribution in [2.24, 2.45) is 0 Å². The molecule has 2 aromatic rings.